The molecule has 0 unspecified atom stereocenters. The minimum absolute atomic E-state index is 0.0449. The van der Waals surface area contributed by atoms with E-state index in [4.69, 9.17) is 25.8 Å². The van der Waals surface area contributed by atoms with Crippen molar-refractivity contribution < 1.29 is 28.7 Å². The zero-order chi connectivity index (χ0) is 21.1. The molecule has 1 aliphatic rings. The number of carbonyl (C=O) groups is 2. The maximum Gasteiger partial charge on any atom is 0.343 e. The average Bonchev–Trinajstić information content (AvgIpc) is 2.83. The Balaban J connectivity index is 1.72. The van der Waals surface area contributed by atoms with Gasteiger partial charge >= 0.3 is 5.97 Å². The Morgan fingerprint density at radius 3 is 2.59 bits per heavy atom. The number of fused-ring (bicyclic) bond motifs is 1. The van der Waals surface area contributed by atoms with E-state index in [9.17, 15) is 19.7 Å². The lowest BCUT2D eigenvalue weighted by Gasteiger charge is -2.11. The molecule has 0 aliphatic carbocycles. The summed E-state index contributed by atoms with van der Waals surface area (Å²) in [5, 5.41) is 17.8. The van der Waals surface area contributed by atoms with Crippen molar-refractivity contribution in [1.82, 2.24) is 9.78 Å². The first-order valence-electron chi connectivity index (χ1n) is 8.52. The SMILES string of the molecule is Cc1nn(C)c(Cl)c1C(=O)OCC(=O)Nc1cc2c(cc1[N+](=O)[O-])OCCCO2. The number of benzene rings is 1. The van der Waals surface area contributed by atoms with Gasteiger partial charge in [-0.1, -0.05) is 11.6 Å². The highest BCUT2D eigenvalue weighted by atomic mass is 35.5. The molecule has 0 saturated heterocycles. The van der Waals surface area contributed by atoms with E-state index in [-0.39, 0.29) is 33.6 Å². The Kier molecular flexibility index (Phi) is 5.87. The summed E-state index contributed by atoms with van der Waals surface area (Å²) in [5.41, 5.74) is -0.0825. The van der Waals surface area contributed by atoms with Gasteiger partial charge in [-0.05, 0) is 6.92 Å². The summed E-state index contributed by atoms with van der Waals surface area (Å²) >= 11 is 5.99. The number of amides is 1. The summed E-state index contributed by atoms with van der Waals surface area (Å²) in [6.45, 7) is 1.64. The molecule has 11 nitrogen and oxygen atoms in total. The number of carbonyl (C=O) groups excluding carboxylic acids is 2. The number of anilines is 1. The standard InChI is InChI=1S/C17H17ClN4O7/c1-9-15(16(18)21(2)20-9)17(24)29-8-14(23)19-10-6-12-13(7-11(10)22(25)26)28-5-3-4-27-12/h6-7H,3-5,8H2,1-2H3,(H,19,23). The lowest BCUT2D eigenvalue weighted by atomic mass is 10.2. The second-order valence-corrected chi connectivity index (χ2v) is 6.48. The van der Waals surface area contributed by atoms with Gasteiger partial charge in [0.25, 0.3) is 11.6 Å². The lowest BCUT2D eigenvalue weighted by molar-refractivity contribution is -0.384. The Hall–Kier alpha value is -3.34. The molecule has 2 heterocycles. The van der Waals surface area contributed by atoms with Crippen LogP contribution in [-0.4, -0.2) is 46.4 Å². The maximum absolute atomic E-state index is 12.2. The largest absolute Gasteiger partial charge is 0.489 e. The second kappa shape index (κ2) is 8.35. The van der Waals surface area contributed by atoms with Gasteiger partial charge in [0.05, 0.1) is 29.9 Å². The van der Waals surface area contributed by atoms with E-state index in [1.807, 2.05) is 0 Å². The van der Waals surface area contributed by atoms with Gasteiger partial charge in [-0.25, -0.2) is 4.79 Å². The number of nitro groups is 1. The van der Waals surface area contributed by atoms with Crippen molar-refractivity contribution >= 4 is 34.9 Å². The summed E-state index contributed by atoms with van der Waals surface area (Å²) < 4.78 is 17.2. The van der Waals surface area contributed by atoms with Gasteiger partial charge in [-0.2, -0.15) is 5.10 Å². The smallest absolute Gasteiger partial charge is 0.343 e. The van der Waals surface area contributed by atoms with E-state index in [2.05, 4.69) is 10.4 Å². The molecule has 0 saturated carbocycles. The molecule has 1 amide bonds. The molecule has 0 bridgehead atoms. The number of ether oxygens (including phenoxy) is 3. The molecule has 0 atom stereocenters. The van der Waals surface area contributed by atoms with Gasteiger partial charge in [0.15, 0.2) is 18.1 Å². The summed E-state index contributed by atoms with van der Waals surface area (Å²) in [5.74, 6) is -1.10. The van der Waals surface area contributed by atoms with Crippen molar-refractivity contribution in [2.45, 2.75) is 13.3 Å². The molecular weight excluding hydrogens is 408 g/mol. The number of hydrogen-bond donors (Lipinski definition) is 1. The summed E-state index contributed by atoms with van der Waals surface area (Å²) in [6.07, 6.45) is 0.621. The van der Waals surface area contributed by atoms with Crippen LogP contribution in [0.2, 0.25) is 5.15 Å². The minimum Gasteiger partial charge on any atom is -0.489 e. The van der Waals surface area contributed by atoms with Crippen molar-refractivity contribution in [3.8, 4) is 11.5 Å². The van der Waals surface area contributed by atoms with Crippen LogP contribution in [0.25, 0.3) is 0 Å². The van der Waals surface area contributed by atoms with Crippen LogP contribution in [0.1, 0.15) is 22.5 Å². The third kappa shape index (κ3) is 4.40. The Labute approximate surface area is 169 Å². The van der Waals surface area contributed by atoms with Crippen LogP contribution in [0.4, 0.5) is 11.4 Å². The van der Waals surface area contributed by atoms with Crippen LogP contribution in [0.15, 0.2) is 12.1 Å². The van der Waals surface area contributed by atoms with Gasteiger partial charge in [0.2, 0.25) is 0 Å². The van der Waals surface area contributed by atoms with Crippen LogP contribution in [0.5, 0.6) is 11.5 Å². The number of aryl methyl sites for hydroxylation is 2. The molecule has 0 spiro atoms. The van der Waals surface area contributed by atoms with Gasteiger partial charge < -0.3 is 19.5 Å². The molecule has 0 radical (unpaired) electrons. The summed E-state index contributed by atoms with van der Waals surface area (Å²) in [4.78, 5) is 35.1. The van der Waals surface area contributed by atoms with E-state index >= 15 is 0 Å². The third-order valence-corrected chi connectivity index (χ3v) is 4.46. The third-order valence-electron chi connectivity index (χ3n) is 4.03. The molecule has 1 aromatic heterocycles. The van der Waals surface area contributed by atoms with Crippen LogP contribution in [0, 0.1) is 17.0 Å². The number of rotatable bonds is 5. The van der Waals surface area contributed by atoms with Gasteiger partial charge in [0, 0.05) is 19.5 Å². The van der Waals surface area contributed by atoms with Crippen LogP contribution in [-0.2, 0) is 16.6 Å². The van der Waals surface area contributed by atoms with E-state index in [1.165, 1.54) is 16.8 Å². The molecule has 29 heavy (non-hydrogen) atoms. The zero-order valence-electron chi connectivity index (χ0n) is 15.6. The van der Waals surface area contributed by atoms with Gasteiger partial charge in [-0.15, -0.1) is 0 Å². The van der Waals surface area contributed by atoms with Gasteiger partial charge in [0.1, 0.15) is 16.4 Å². The molecule has 1 aromatic carbocycles. The number of halogens is 1. The zero-order valence-corrected chi connectivity index (χ0v) is 16.3. The quantitative estimate of drug-likeness (QED) is 0.438. The summed E-state index contributed by atoms with van der Waals surface area (Å²) in [7, 11) is 1.56. The van der Waals surface area contributed by atoms with E-state index < -0.39 is 23.4 Å². The molecule has 154 valence electrons. The van der Waals surface area contributed by atoms with Crippen LogP contribution < -0.4 is 14.8 Å². The summed E-state index contributed by atoms with van der Waals surface area (Å²) in [6, 6.07) is 2.49. The Bertz CT molecular complexity index is 989. The molecule has 1 N–H and O–H groups in total. The average molecular weight is 425 g/mol. The normalized spacial score (nSPS) is 12.8. The first-order valence-corrected chi connectivity index (χ1v) is 8.90. The fourth-order valence-corrected chi connectivity index (χ4v) is 2.95. The van der Waals surface area contributed by atoms with Gasteiger partial charge in [-0.3, -0.25) is 19.6 Å². The highest BCUT2D eigenvalue weighted by Crippen LogP contribution is 2.39. The molecule has 0 fully saturated rings. The predicted octanol–water partition coefficient (Wildman–Crippen LogP) is 2.25. The van der Waals surface area contributed by atoms with Crippen molar-refractivity contribution in [1.29, 1.82) is 0 Å². The predicted molar refractivity (Wildman–Crippen MR) is 101 cm³/mol. The number of nitrogens with zero attached hydrogens (tertiary/aromatic N) is 3. The lowest BCUT2D eigenvalue weighted by Crippen LogP contribution is -2.21. The van der Waals surface area contributed by atoms with Crippen molar-refractivity contribution in [3.05, 3.63) is 38.7 Å². The maximum atomic E-state index is 12.2. The van der Waals surface area contributed by atoms with Crippen molar-refractivity contribution in [3.63, 3.8) is 0 Å². The molecule has 12 heteroatoms. The fraction of sp³-hybridized carbons (Fsp3) is 0.353. The Morgan fingerprint density at radius 2 is 2.00 bits per heavy atom. The van der Waals surface area contributed by atoms with Crippen molar-refractivity contribution in [2.24, 2.45) is 7.05 Å². The van der Waals surface area contributed by atoms with Crippen LogP contribution >= 0.6 is 11.6 Å². The first kappa shape index (κ1) is 20.4. The second-order valence-electron chi connectivity index (χ2n) is 6.12. The number of aromatic nitrogens is 2. The molecule has 1 aliphatic heterocycles. The number of hydrogen-bond acceptors (Lipinski definition) is 8. The monoisotopic (exact) mass is 424 g/mol. The Morgan fingerprint density at radius 1 is 1.34 bits per heavy atom. The molecule has 2 aromatic rings. The number of nitro benzene ring substituents is 1. The topological polar surface area (TPSA) is 135 Å². The number of esters is 1. The first-order chi connectivity index (χ1) is 13.8. The number of nitrogens with one attached hydrogen (secondary N) is 1. The van der Waals surface area contributed by atoms with Crippen molar-refractivity contribution in [2.75, 3.05) is 25.1 Å². The fourth-order valence-electron chi connectivity index (χ4n) is 2.70. The molecular formula is C17H17ClN4O7. The highest BCUT2D eigenvalue weighted by molar-refractivity contribution is 6.32. The highest BCUT2D eigenvalue weighted by Gasteiger charge is 2.24. The van der Waals surface area contributed by atoms with E-state index in [0.29, 0.717) is 25.3 Å². The van der Waals surface area contributed by atoms with E-state index in [0.717, 1.165) is 0 Å². The van der Waals surface area contributed by atoms with E-state index in [1.54, 1.807) is 14.0 Å². The van der Waals surface area contributed by atoms with Crippen LogP contribution in [0.3, 0.4) is 0 Å². The minimum atomic E-state index is -0.830. The molecule has 3 rings (SSSR count).